The Balaban J connectivity index is 2.11. The number of ether oxygens (including phenoxy) is 1. The lowest BCUT2D eigenvalue weighted by Crippen LogP contribution is -2.25. The second kappa shape index (κ2) is 6.90. The molecule has 2 rings (SSSR count). The highest BCUT2D eigenvalue weighted by Gasteiger charge is 2.20. The van der Waals surface area contributed by atoms with E-state index in [1.54, 1.807) is 11.5 Å². The maximum Gasteiger partial charge on any atom is 0.321 e. The Morgan fingerprint density at radius 2 is 2.18 bits per heavy atom. The average Bonchev–Trinajstić information content (AvgIpc) is 2.87. The van der Waals surface area contributed by atoms with Crippen LogP contribution in [0.25, 0.3) is 11.2 Å². The van der Waals surface area contributed by atoms with Crippen LogP contribution in [0.3, 0.4) is 0 Å². The molecule has 2 atom stereocenters. The van der Waals surface area contributed by atoms with Crippen LogP contribution in [-0.2, 0) is 21.1 Å². The number of nitrogens with two attached hydrogens (primary N) is 1. The third kappa shape index (κ3) is 4.15. The standard InChI is InChI=1S/C10H15FN5O4PS/c1-6(20-7(2-11)3-19-21(17,18)22)16-5-15-8-9(12)13-4-14-10(8)16/h4-7H,2-3H2,1H3,(H2,12,13,14)(H2,17,18,22)/t6-,7+/m1/s1. The number of nitrogen functional groups attached to an aromatic ring is 1. The zero-order valence-electron chi connectivity index (χ0n) is 11.5. The minimum Gasteiger partial charge on any atom is -0.382 e. The van der Waals surface area contributed by atoms with Gasteiger partial charge in [0.15, 0.2) is 11.5 Å². The largest absolute Gasteiger partial charge is 0.382 e. The molecule has 0 radical (unpaired) electrons. The Morgan fingerprint density at radius 1 is 1.45 bits per heavy atom. The van der Waals surface area contributed by atoms with Crippen LogP contribution in [0.4, 0.5) is 10.2 Å². The van der Waals surface area contributed by atoms with Crippen LogP contribution in [0.15, 0.2) is 12.7 Å². The van der Waals surface area contributed by atoms with Gasteiger partial charge in [-0.3, -0.25) is 4.57 Å². The molecule has 4 N–H and O–H groups in total. The van der Waals surface area contributed by atoms with Gasteiger partial charge in [-0.2, -0.15) is 0 Å². The highest BCUT2D eigenvalue weighted by Crippen LogP contribution is 2.36. The van der Waals surface area contributed by atoms with E-state index in [0.29, 0.717) is 11.2 Å². The average molecular weight is 351 g/mol. The number of aromatic nitrogens is 4. The highest BCUT2D eigenvalue weighted by molar-refractivity contribution is 8.06. The number of alkyl halides is 1. The van der Waals surface area contributed by atoms with Crippen molar-refractivity contribution in [3.05, 3.63) is 12.7 Å². The van der Waals surface area contributed by atoms with Crippen LogP contribution < -0.4 is 5.73 Å². The summed E-state index contributed by atoms with van der Waals surface area (Å²) < 4.78 is 24.6. The van der Waals surface area contributed by atoms with Gasteiger partial charge in [0.05, 0.1) is 12.9 Å². The summed E-state index contributed by atoms with van der Waals surface area (Å²) in [5, 5.41) is 0. The topological polar surface area (TPSA) is 129 Å². The minimum absolute atomic E-state index is 0.225. The molecule has 0 amide bonds. The fourth-order valence-electron chi connectivity index (χ4n) is 1.78. The normalized spacial score (nSPS) is 15.1. The summed E-state index contributed by atoms with van der Waals surface area (Å²) in [6.45, 7) is -3.47. The Kier molecular flexibility index (Phi) is 5.37. The second-order valence-corrected chi connectivity index (χ2v) is 7.05. The third-order valence-corrected chi connectivity index (χ3v) is 3.57. The van der Waals surface area contributed by atoms with Gasteiger partial charge in [-0.15, -0.1) is 0 Å². The lowest BCUT2D eigenvalue weighted by atomic mass is 10.4. The zero-order chi connectivity index (χ0) is 16.3. The van der Waals surface area contributed by atoms with Crippen molar-refractivity contribution in [2.75, 3.05) is 19.0 Å². The van der Waals surface area contributed by atoms with Crippen molar-refractivity contribution in [3.63, 3.8) is 0 Å². The smallest absolute Gasteiger partial charge is 0.321 e. The monoisotopic (exact) mass is 351 g/mol. The molecule has 2 aromatic heterocycles. The van der Waals surface area contributed by atoms with E-state index in [-0.39, 0.29) is 12.4 Å². The first-order valence-corrected chi connectivity index (χ1v) is 8.79. The van der Waals surface area contributed by atoms with Crippen LogP contribution in [0.1, 0.15) is 13.2 Å². The number of hydrogen-bond donors (Lipinski definition) is 3. The Bertz CT molecular complexity index is 695. The molecule has 0 bridgehead atoms. The van der Waals surface area contributed by atoms with Crippen molar-refractivity contribution < 1.29 is 23.4 Å². The number of anilines is 1. The van der Waals surface area contributed by atoms with Crippen molar-refractivity contribution in [1.82, 2.24) is 19.5 Å². The zero-order valence-corrected chi connectivity index (χ0v) is 13.2. The summed E-state index contributed by atoms with van der Waals surface area (Å²) >= 11 is 4.30. The molecule has 0 saturated carbocycles. The van der Waals surface area contributed by atoms with Crippen molar-refractivity contribution in [3.8, 4) is 0 Å². The first-order chi connectivity index (χ1) is 10.3. The number of rotatable bonds is 7. The molecule has 0 saturated heterocycles. The molecule has 0 aliphatic heterocycles. The molecule has 0 aliphatic rings. The van der Waals surface area contributed by atoms with E-state index >= 15 is 0 Å². The summed E-state index contributed by atoms with van der Waals surface area (Å²) in [4.78, 5) is 29.9. The SMILES string of the molecule is C[C@@H](O[C@@H](CF)COP(O)(O)=S)n1cnc2c(N)ncnc21. The summed E-state index contributed by atoms with van der Waals surface area (Å²) in [6, 6.07) is 0. The van der Waals surface area contributed by atoms with Crippen molar-refractivity contribution in [2.45, 2.75) is 19.3 Å². The van der Waals surface area contributed by atoms with Gasteiger partial charge in [-0.1, -0.05) is 0 Å². The molecule has 9 nitrogen and oxygen atoms in total. The fourth-order valence-corrected chi connectivity index (χ4v) is 2.32. The van der Waals surface area contributed by atoms with Gasteiger partial charge < -0.3 is 24.8 Å². The fraction of sp³-hybridized carbons (Fsp3) is 0.500. The van der Waals surface area contributed by atoms with Gasteiger partial charge in [0, 0.05) is 0 Å². The molecule has 22 heavy (non-hydrogen) atoms. The molecule has 0 fully saturated rings. The molecule has 2 heterocycles. The van der Waals surface area contributed by atoms with Crippen LogP contribution in [0.2, 0.25) is 0 Å². The van der Waals surface area contributed by atoms with Gasteiger partial charge >= 0.3 is 6.72 Å². The quantitative estimate of drug-likeness (QED) is 0.611. The molecule has 0 aromatic carbocycles. The Labute approximate surface area is 130 Å². The maximum absolute atomic E-state index is 13.0. The van der Waals surface area contributed by atoms with Crippen LogP contribution in [0.5, 0.6) is 0 Å². The summed E-state index contributed by atoms with van der Waals surface area (Å²) in [5.41, 5.74) is 6.53. The molecule has 12 heteroatoms. The molecule has 0 unspecified atom stereocenters. The highest BCUT2D eigenvalue weighted by atomic mass is 32.5. The van der Waals surface area contributed by atoms with E-state index in [2.05, 4.69) is 31.3 Å². The number of hydrogen-bond acceptors (Lipinski definition) is 7. The number of halogens is 1. The van der Waals surface area contributed by atoms with E-state index in [9.17, 15) is 4.39 Å². The number of fused-ring (bicyclic) bond motifs is 1. The van der Waals surface area contributed by atoms with E-state index in [0.717, 1.165) is 0 Å². The third-order valence-electron chi connectivity index (χ3n) is 2.77. The van der Waals surface area contributed by atoms with Gasteiger partial charge in [0.2, 0.25) is 0 Å². The second-order valence-electron chi connectivity index (χ2n) is 4.38. The van der Waals surface area contributed by atoms with Crippen LogP contribution in [0, 0.1) is 0 Å². The van der Waals surface area contributed by atoms with Gasteiger partial charge in [0.25, 0.3) is 0 Å². The molecule has 0 aliphatic carbocycles. The summed E-state index contributed by atoms with van der Waals surface area (Å²) in [5.74, 6) is 0.225. The number of nitrogens with zero attached hydrogens (tertiary/aromatic N) is 4. The van der Waals surface area contributed by atoms with Crippen LogP contribution in [-0.4, -0.2) is 48.7 Å². The van der Waals surface area contributed by atoms with E-state index < -0.39 is 25.7 Å². The van der Waals surface area contributed by atoms with Gasteiger partial charge in [-0.25, -0.2) is 19.3 Å². The van der Waals surface area contributed by atoms with Crippen molar-refractivity contribution in [1.29, 1.82) is 0 Å². The first kappa shape index (κ1) is 17.1. The molecular weight excluding hydrogens is 336 g/mol. The van der Waals surface area contributed by atoms with E-state index in [4.69, 9.17) is 20.3 Å². The first-order valence-electron chi connectivity index (χ1n) is 6.16. The maximum atomic E-state index is 13.0. The molecule has 2 aromatic rings. The van der Waals surface area contributed by atoms with Gasteiger partial charge in [-0.05, 0) is 18.7 Å². The Hall–Kier alpha value is -1.23. The van der Waals surface area contributed by atoms with Gasteiger partial charge in [0.1, 0.15) is 30.9 Å². The molecular formula is C10H15FN5O4PS. The molecule has 122 valence electrons. The predicted octanol–water partition coefficient (Wildman–Crippen LogP) is 0.507. The predicted molar refractivity (Wildman–Crippen MR) is 80.0 cm³/mol. The van der Waals surface area contributed by atoms with E-state index in [1.807, 2.05) is 0 Å². The van der Waals surface area contributed by atoms with Crippen LogP contribution >= 0.6 is 6.72 Å². The Morgan fingerprint density at radius 3 is 2.82 bits per heavy atom. The lowest BCUT2D eigenvalue weighted by molar-refractivity contribution is -0.0693. The lowest BCUT2D eigenvalue weighted by Gasteiger charge is -2.22. The van der Waals surface area contributed by atoms with Crippen molar-refractivity contribution >= 4 is 35.5 Å². The number of imidazole rings is 1. The van der Waals surface area contributed by atoms with Crippen molar-refractivity contribution in [2.24, 2.45) is 0 Å². The summed E-state index contributed by atoms with van der Waals surface area (Å²) in [6.07, 6.45) is 1.07. The summed E-state index contributed by atoms with van der Waals surface area (Å²) in [7, 11) is 0. The molecule has 0 spiro atoms. The van der Waals surface area contributed by atoms with E-state index in [1.165, 1.54) is 12.7 Å². The minimum atomic E-state index is -3.85.